The molecule has 180 valence electrons. The van der Waals surface area contributed by atoms with Gasteiger partial charge in [0.25, 0.3) is 15.9 Å². The van der Waals surface area contributed by atoms with E-state index in [1.54, 1.807) is 30.3 Å². The van der Waals surface area contributed by atoms with Gasteiger partial charge in [-0.25, -0.2) is 8.42 Å². The van der Waals surface area contributed by atoms with Crippen LogP contribution in [0.4, 0.5) is 5.69 Å². The summed E-state index contributed by atoms with van der Waals surface area (Å²) in [5, 5.41) is 7.28. The van der Waals surface area contributed by atoms with Gasteiger partial charge in [0, 0.05) is 42.5 Å². The molecule has 1 aliphatic heterocycles. The largest absolute Gasteiger partial charge is 0.490 e. The maximum atomic E-state index is 12.8. The molecule has 2 N–H and O–H groups in total. The van der Waals surface area contributed by atoms with E-state index in [9.17, 15) is 13.2 Å². The molecule has 0 spiro atoms. The molecular formula is C24H28N4O5S. The number of hydrogen-bond acceptors (Lipinski definition) is 6. The van der Waals surface area contributed by atoms with Crippen LogP contribution in [0, 0.1) is 13.8 Å². The molecular weight excluding hydrogens is 456 g/mol. The van der Waals surface area contributed by atoms with Gasteiger partial charge < -0.3 is 14.8 Å². The molecule has 0 radical (unpaired) electrons. The first-order valence-corrected chi connectivity index (χ1v) is 12.6. The van der Waals surface area contributed by atoms with Crippen LogP contribution in [0.1, 0.15) is 34.6 Å². The molecule has 1 aromatic heterocycles. The Morgan fingerprint density at radius 3 is 2.47 bits per heavy atom. The third-order valence-electron chi connectivity index (χ3n) is 5.36. The Morgan fingerprint density at radius 2 is 1.76 bits per heavy atom. The third kappa shape index (κ3) is 5.69. The van der Waals surface area contributed by atoms with E-state index in [0.717, 1.165) is 30.8 Å². The Balaban J connectivity index is 1.32. The van der Waals surface area contributed by atoms with Crippen LogP contribution in [0.5, 0.6) is 11.5 Å². The molecule has 3 aromatic rings. The smallest absolute Gasteiger partial charge is 0.262 e. The highest BCUT2D eigenvalue weighted by Crippen LogP contribution is 2.32. The van der Waals surface area contributed by atoms with Gasteiger partial charge in [-0.05, 0) is 62.7 Å². The number of benzene rings is 2. The summed E-state index contributed by atoms with van der Waals surface area (Å²) in [6.45, 7) is 6.18. The number of fused-ring (bicyclic) bond motifs is 1. The number of sulfonamides is 1. The first-order chi connectivity index (χ1) is 16.3. The molecule has 0 fully saturated rings. The Morgan fingerprint density at radius 1 is 1.03 bits per heavy atom. The summed E-state index contributed by atoms with van der Waals surface area (Å²) in [6.07, 6.45) is 1.49. The van der Waals surface area contributed by atoms with E-state index < -0.39 is 10.0 Å². The first kappa shape index (κ1) is 23.6. The zero-order chi connectivity index (χ0) is 24.1. The van der Waals surface area contributed by atoms with Crippen LogP contribution in [0.15, 0.2) is 53.4 Å². The lowest BCUT2D eigenvalue weighted by Crippen LogP contribution is -2.25. The molecule has 0 atom stereocenters. The summed E-state index contributed by atoms with van der Waals surface area (Å²) < 4.78 is 41.2. The van der Waals surface area contributed by atoms with Crippen LogP contribution in [-0.4, -0.2) is 43.9 Å². The molecule has 9 nitrogen and oxygen atoms in total. The van der Waals surface area contributed by atoms with Gasteiger partial charge in [0.05, 0.1) is 23.8 Å². The van der Waals surface area contributed by atoms with Crippen molar-refractivity contribution in [2.45, 2.75) is 38.1 Å². The number of carbonyl (C=O) groups excluding carboxylic acids is 1. The number of aromatic nitrogens is 2. The van der Waals surface area contributed by atoms with Gasteiger partial charge in [-0.3, -0.25) is 14.2 Å². The van der Waals surface area contributed by atoms with Crippen molar-refractivity contribution in [3.8, 4) is 11.5 Å². The van der Waals surface area contributed by atoms with Crippen molar-refractivity contribution in [2.75, 3.05) is 24.5 Å². The van der Waals surface area contributed by atoms with Crippen molar-refractivity contribution >= 4 is 21.6 Å². The minimum atomic E-state index is -3.83. The van der Waals surface area contributed by atoms with Crippen molar-refractivity contribution < 1.29 is 22.7 Å². The maximum Gasteiger partial charge on any atom is 0.262 e. The Hall–Kier alpha value is -3.53. The summed E-state index contributed by atoms with van der Waals surface area (Å²) in [7, 11) is -3.83. The minimum Gasteiger partial charge on any atom is -0.490 e. The van der Waals surface area contributed by atoms with Crippen LogP contribution >= 0.6 is 0 Å². The molecule has 2 heterocycles. The molecule has 0 aliphatic carbocycles. The number of aryl methyl sites for hydroxylation is 3. The second-order valence-electron chi connectivity index (χ2n) is 8.10. The van der Waals surface area contributed by atoms with Gasteiger partial charge >= 0.3 is 0 Å². The predicted octanol–water partition coefficient (Wildman–Crippen LogP) is 3.28. The van der Waals surface area contributed by atoms with E-state index >= 15 is 0 Å². The van der Waals surface area contributed by atoms with Crippen molar-refractivity contribution in [3.63, 3.8) is 0 Å². The maximum absolute atomic E-state index is 12.8. The second-order valence-corrected chi connectivity index (χ2v) is 9.78. The Kier molecular flexibility index (Phi) is 7.06. The zero-order valence-electron chi connectivity index (χ0n) is 19.2. The first-order valence-electron chi connectivity index (χ1n) is 11.1. The number of hydrogen-bond donors (Lipinski definition) is 2. The topological polar surface area (TPSA) is 112 Å². The van der Waals surface area contributed by atoms with Crippen LogP contribution in [0.2, 0.25) is 0 Å². The molecule has 0 bridgehead atoms. The van der Waals surface area contributed by atoms with E-state index in [1.165, 1.54) is 12.1 Å². The van der Waals surface area contributed by atoms with Gasteiger partial charge in [-0.15, -0.1) is 0 Å². The number of nitrogens with zero attached hydrogens (tertiary/aromatic N) is 2. The molecule has 10 heteroatoms. The lowest BCUT2D eigenvalue weighted by atomic mass is 10.2. The van der Waals surface area contributed by atoms with Crippen molar-refractivity contribution in [3.05, 3.63) is 65.5 Å². The number of rotatable bonds is 8. The van der Waals surface area contributed by atoms with Crippen LogP contribution < -0.4 is 19.5 Å². The van der Waals surface area contributed by atoms with Crippen molar-refractivity contribution in [1.82, 2.24) is 15.1 Å². The van der Waals surface area contributed by atoms with Crippen LogP contribution in [0.3, 0.4) is 0 Å². The highest BCUT2D eigenvalue weighted by atomic mass is 32.2. The highest BCUT2D eigenvalue weighted by molar-refractivity contribution is 7.92. The number of carbonyl (C=O) groups is 1. The minimum absolute atomic E-state index is 0.0705. The fourth-order valence-corrected chi connectivity index (χ4v) is 4.72. The summed E-state index contributed by atoms with van der Waals surface area (Å²) in [6, 6.07) is 12.8. The fraction of sp³-hybridized carbons (Fsp3) is 0.333. The number of amides is 1. The predicted molar refractivity (Wildman–Crippen MR) is 128 cm³/mol. The van der Waals surface area contributed by atoms with Gasteiger partial charge in [-0.2, -0.15) is 5.10 Å². The number of ether oxygens (including phenoxy) is 2. The quantitative estimate of drug-likeness (QED) is 0.475. The SMILES string of the molecule is Cc1cc(C)n(CCCNC(=O)c2ccc(NS(=O)(=O)c3ccc4c(c3)OCCCO4)cc2)n1. The third-order valence-corrected chi connectivity index (χ3v) is 6.74. The van der Waals surface area contributed by atoms with E-state index in [2.05, 4.69) is 15.1 Å². The van der Waals surface area contributed by atoms with E-state index in [4.69, 9.17) is 9.47 Å². The Labute approximate surface area is 199 Å². The van der Waals surface area contributed by atoms with Gasteiger partial charge in [0.15, 0.2) is 11.5 Å². The monoisotopic (exact) mass is 484 g/mol. The molecule has 0 saturated heterocycles. The molecule has 1 amide bonds. The number of nitrogens with one attached hydrogen (secondary N) is 2. The summed E-state index contributed by atoms with van der Waals surface area (Å²) in [5.74, 6) is 0.720. The summed E-state index contributed by atoms with van der Waals surface area (Å²) in [5.41, 5.74) is 2.87. The standard InChI is InChI=1S/C24H28N4O5S/c1-17-15-18(2)28(26-17)12-3-11-25-24(29)19-5-7-20(8-6-19)27-34(30,31)21-9-10-22-23(16-21)33-14-4-13-32-22/h5-10,15-16,27H,3-4,11-14H2,1-2H3,(H,25,29). The fourth-order valence-electron chi connectivity index (χ4n) is 3.65. The normalized spacial score (nSPS) is 13.2. The van der Waals surface area contributed by atoms with Crippen LogP contribution in [-0.2, 0) is 16.6 Å². The average Bonchev–Trinajstić information content (AvgIpc) is 2.99. The average molecular weight is 485 g/mol. The lowest BCUT2D eigenvalue weighted by Gasteiger charge is -2.12. The van der Waals surface area contributed by atoms with Gasteiger partial charge in [-0.1, -0.05) is 0 Å². The molecule has 34 heavy (non-hydrogen) atoms. The lowest BCUT2D eigenvalue weighted by molar-refractivity contribution is 0.0952. The molecule has 2 aromatic carbocycles. The van der Waals surface area contributed by atoms with Gasteiger partial charge in [0.2, 0.25) is 0 Å². The zero-order valence-corrected chi connectivity index (χ0v) is 20.0. The summed E-state index contributed by atoms with van der Waals surface area (Å²) in [4.78, 5) is 12.5. The van der Waals surface area contributed by atoms with Crippen molar-refractivity contribution in [2.24, 2.45) is 0 Å². The molecule has 4 rings (SSSR count). The van der Waals surface area contributed by atoms with E-state index in [1.807, 2.05) is 24.6 Å². The second kappa shape index (κ2) is 10.2. The van der Waals surface area contributed by atoms with E-state index in [-0.39, 0.29) is 10.8 Å². The number of anilines is 1. The molecule has 0 saturated carbocycles. The van der Waals surface area contributed by atoms with Gasteiger partial charge in [0.1, 0.15) is 0 Å². The highest BCUT2D eigenvalue weighted by Gasteiger charge is 2.19. The molecule has 0 unspecified atom stereocenters. The molecule has 1 aliphatic rings. The Bertz CT molecular complexity index is 1270. The van der Waals surface area contributed by atoms with E-state index in [0.29, 0.717) is 42.5 Å². The van der Waals surface area contributed by atoms with Crippen LogP contribution in [0.25, 0.3) is 0 Å². The summed E-state index contributed by atoms with van der Waals surface area (Å²) >= 11 is 0. The van der Waals surface area contributed by atoms with Crippen molar-refractivity contribution in [1.29, 1.82) is 0 Å².